The van der Waals surface area contributed by atoms with Gasteiger partial charge in [-0.1, -0.05) is 178 Å². The first-order valence-electron chi connectivity index (χ1n) is 22.2. The standard InChI is InChI=1S/C61H42N2O/c1-61(2)49-29-12-8-25-46(49)57-44(27-16-30-50(57)61)42-23-9-13-31-51(42)63(55-35-18-34-54-59(55)47-26-11-15-33-53(47)62(54)40-20-4-3-5-21-40)52-32-14-10-24-43(52)45-28-17-36-56-58(45)48-38-37-39-19-6-7-22-41(39)60(48)64-56/h3-38H,1-2H3. The van der Waals surface area contributed by atoms with Crippen LogP contribution in [0.25, 0.3) is 93.6 Å². The Balaban J connectivity index is 1.14. The molecule has 0 aliphatic heterocycles. The van der Waals surface area contributed by atoms with E-state index in [0.29, 0.717) is 0 Å². The van der Waals surface area contributed by atoms with Crippen molar-refractivity contribution in [2.75, 3.05) is 4.90 Å². The fourth-order valence-corrected chi connectivity index (χ4v) is 11.0. The van der Waals surface area contributed by atoms with Crippen LogP contribution in [0, 0.1) is 0 Å². The molecule has 2 heterocycles. The molecular weight excluding hydrogens is 777 g/mol. The molecule has 1 aliphatic carbocycles. The Kier molecular flexibility index (Phi) is 7.95. The molecule has 2 aromatic heterocycles. The zero-order chi connectivity index (χ0) is 42.5. The van der Waals surface area contributed by atoms with Crippen LogP contribution < -0.4 is 4.90 Å². The summed E-state index contributed by atoms with van der Waals surface area (Å²) in [6.45, 7) is 4.73. The summed E-state index contributed by atoms with van der Waals surface area (Å²) in [7, 11) is 0. The highest BCUT2D eigenvalue weighted by Gasteiger charge is 2.37. The number of rotatable bonds is 6. The van der Waals surface area contributed by atoms with Gasteiger partial charge >= 0.3 is 0 Å². The average Bonchev–Trinajstić information content (AvgIpc) is 3.98. The third-order valence-corrected chi connectivity index (χ3v) is 13.8. The summed E-state index contributed by atoms with van der Waals surface area (Å²) in [6.07, 6.45) is 0. The van der Waals surface area contributed by atoms with E-state index in [1.165, 1.54) is 55.1 Å². The van der Waals surface area contributed by atoms with Gasteiger partial charge in [0.05, 0.1) is 28.1 Å². The van der Waals surface area contributed by atoms with Gasteiger partial charge in [-0.2, -0.15) is 0 Å². The maximum absolute atomic E-state index is 6.80. The Morgan fingerprint density at radius 1 is 0.391 bits per heavy atom. The number of furan rings is 1. The lowest BCUT2D eigenvalue weighted by Crippen LogP contribution is -2.15. The number of para-hydroxylation sites is 4. The highest BCUT2D eigenvalue weighted by molar-refractivity contribution is 6.21. The van der Waals surface area contributed by atoms with Gasteiger partial charge in [-0.25, -0.2) is 0 Å². The molecule has 0 radical (unpaired) electrons. The summed E-state index contributed by atoms with van der Waals surface area (Å²) < 4.78 is 9.21. The van der Waals surface area contributed by atoms with Gasteiger partial charge in [-0.05, 0) is 93.4 Å². The van der Waals surface area contributed by atoms with Crippen LogP contribution >= 0.6 is 0 Å². The van der Waals surface area contributed by atoms with Gasteiger partial charge in [0.2, 0.25) is 0 Å². The van der Waals surface area contributed by atoms with E-state index in [2.05, 4.69) is 242 Å². The molecule has 0 bridgehead atoms. The molecule has 0 saturated heterocycles. The van der Waals surface area contributed by atoms with E-state index in [9.17, 15) is 0 Å². The molecule has 12 aromatic rings. The largest absolute Gasteiger partial charge is 0.455 e. The van der Waals surface area contributed by atoms with E-state index < -0.39 is 0 Å². The van der Waals surface area contributed by atoms with Crippen molar-refractivity contribution in [3.05, 3.63) is 230 Å². The van der Waals surface area contributed by atoms with Crippen LogP contribution in [0.15, 0.2) is 223 Å². The predicted molar refractivity (Wildman–Crippen MR) is 269 cm³/mol. The zero-order valence-corrected chi connectivity index (χ0v) is 35.6. The summed E-state index contributed by atoms with van der Waals surface area (Å²) in [5.41, 5.74) is 18.4. The van der Waals surface area contributed by atoms with Crippen molar-refractivity contribution in [2.45, 2.75) is 19.3 Å². The van der Waals surface area contributed by atoms with E-state index in [4.69, 9.17) is 4.42 Å². The Morgan fingerprint density at radius 2 is 0.969 bits per heavy atom. The molecule has 302 valence electrons. The van der Waals surface area contributed by atoms with Crippen LogP contribution in [-0.2, 0) is 5.41 Å². The van der Waals surface area contributed by atoms with Gasteiger partial charge in [-0.3, -0.25) is 0 Å². The second-order valence-electron chi connectivity index (χ2n) is 17.6. The molecule has 0 saturated carbocycles. The molecule has 3 heteroatoms. The van der Waals surface area contributed by atoms with E-state index in [1.807, 2.05) is 0 Å². The van der Waals surface area contributed by atoms with Gasteiger partial charge in [0.25, 0.3) is 0 Å². The quantitative estimate of drug-likeness (QED) is 0.167. The van der Waals surface area contributed by atoms with Gasteiger partial charge in [-0.15, -0.1) is 0 Å². The summed E-state index contributed by atoms with van der Waals surface area (Å²) >= 11 is 0. The lowest BCUT2D eigenvalue weighted by atomic mass is 9.82. The van der Waals surface area contributed by atoms with Crippen LogP contribution in [0.3, 0.4) is 0 Å². The number of anilines is 3. The van der Waals surface area contributed by atoms with Crippen LogP contribution in [0.2, 0.25) is 0 Å². The first-order valence-corrected chi connectivity index (χ1v) is 22.2. The van der Waals surface area contributed by atoms with Crippen molar-refractivity contribution in [2.24, 2.45) is 0 Å². The first-order chi connectivity index (χ1) is 31.6. The fraction of sp³-hybridized carbons (Fsp3) is 0.0492. The third-order valence-electron chi connectivity index (χ3n) is 13.8. The molecule has 3 nitrogen and oxygen atoms in total. The second kappa shape index (κ2) is 13.9. The van der Waals surface area contributed by atoms with Crippen molar-refractivity contribution in [3.8, 4) is 39.1 Å². The van der Waals surface area contributed by atoms with Crippen LogP contribution in [-0.4, -0.2) is 4.57 Å². The van der Waals surface area contributed by atoms with Crippen molar-refractivity contribution in [1.82, 2.24) is 4.57 Å². The number of fused-ring (bicyclic) bond motifs is 11. The third kappa shape index (κ3) is 5.22. The molecule has 0 fully saturated rings. The van der Waals surface area contributed by atoms with E-state index >= 15 is 0 Å². The van der Waals surface area contributed by atoms with Gasteiger partial charge in [0.1, 0.15) is 11.2 Å². The molecule has 10 aromatic carbocycles. The molecular formula is C61H42N2O. The molecule has 13 rings (SSSR count). The minimum Gasteiger partial charge on any atom is -0.455 e. The fourth-order valence-electron chi connectivity index (χ4n) is 11.0. The van der Waals surface area contributed by atoms with Crippen LogP contribution in [0.5, 0.6) is 0 Å². The Morgan fingerprint density at radius 3 is 1.80 bits per heavy atom. The molecule has 64 heavy (non-hydrogen) atoms. The number of aromatic nitrogens is 1. The molecule has 0 spiro atoms. The number of nitrogens with zero attached hydrogens (tertiary/aromatic N) is 2. The van der Waals surface area contributed by atoms with Crippen LogP contribution in [0.1, 0.15) is 25.0 Å². The minimum atomic E-state index is -0.134. The van der Waals surface area contributed by atoms with Crippen LogP contribution in [0.4, 0.5) is 17.1 Å². The van der Waals surface area contributed by atoms with E-state index in [0.717, 1.165) is 66.7 Å². The van der Waals surface area contributed by atoms with Gasteiger partial charge in [0, 0.05) is 49.2 Å². The molecule has 0 amide bonds. The predicted octanol–water partition coefficient (Wildman–Crippen LogP) is 16.9. The molecule has 0 atom stereocenters. The highest BCUT2D eigenvalue weighted by Crippen LogP contribution is 2.55. The Labute approximate surface area is 371 Å². The van der Waals surface area contributed by atoms with Crippen molar-refractivity contribution in [1.29, 1.82) is 0 Å². The Bertz CT molecular complexity index is 3830. The van der Waals surface area contributed by atoms with Gasteiger partial charge < -0.3 is 13.9 Å². The normalized spacial score (nSPS) is 13.0. The summed E-state index contributed by atoms with van der Waals surface area (Å²) in [5, 5.41) is 6.90. The Hall–Kier alpha value is -8.14. The molecule has 0 unspecified atom stereocenters. The monoisotopic (exact) mass is 818 g/mol. The molecule has 1 aliphatic rings. The van der Waals surface area contributed by atoms with Crippen molar-refractivity contribution >= 4 is 71.6 Å². The van der Waals surface area contributed by atoms with E-state index in [1.54, 1.807) is 0 Å². The number of hydrogen-bond acceptors (Lipinski definition) is 2. The first kappa shape index (κ1) is 36.5. The minimum absolute atomic E-state index is 0.134. The average molecular weight is 819 g/mol. The summed E-state index contributed by atoms with van der Waals surface area (Å²) in [5.74, 6) is 0. The SMILES string of the molecule is CC1(C)c2ccccc2-c2c(-c3ccccc3N(c3ccccc3-c3cccc4oc5c6ccccc6ccc5c34)c3cccc4c3c3ccccc3n4-c3ccccc3)cccc21. The van der Waals surface area contributed by atoms with Crippen molar-refractivity contribution < 1.29 is 4.42 Å². The maximum atomic E-state index is 6.80. The molecule has 0 N–H and O–H groups in total. The lowest BCUT2D eigenvalue weighted by Gasteiger charge is -2.31. The highest BCUT2D eigenvalue weighted by atomic mass is 16.3. The smallest absolute Gasteiger partial charge is 0.143 e. The summed E-state index contributed by atoms with van der Waals surface area (Å²) in [6, 6.07) is 79.7. The van der Waals surface area contributed by atoms with Crippen molar-refractivity contribution in [3.63, 3.8) is 0 Å². The summed E-state index contributed by atoms with van der Waals surface area (Å²) in [4.78, 5) is 2.54. The second-order valence-corrected chi connectivity index (χ2v) is 17.6. The van der Waals surface area contributed by atoms with Gasteiger partial charge in [0.15, 0.2) is 0 Å². The lowest BCUT2D eigenvalue weighted by molar-refractivity contribution is 0.660. The number of hydrogen-bond donors (Lipinski definition) is 0. The van der Waals surface area contributed by atoms with E-state index in [-0.39, 0.29) is 5.41 Å². The number of benzene rings is 10. The zero-order valence-electron chi connectivity index (χ0n) is 35.6. The maximum Gasteiger partial charge on any atom is 0.143 e. The topological polar surface area (TPSA) is 21.3 Å².